The minimum atomic E-state index is -0.752. The number of hydrogen-bond acceptors (Lipinski definition) is 9. The first kappa shape index (κ1) is 23.7. The lowest BCUT2D eigenvalue weighted by atomic mass is 9.87. The first-order chi connectivity index (χ1) is 16.4. The number of ether oxygens (including phenoxy) is 1. The average Bonchev–Trinajstić information content (AvgIpc) is 3.44. The van der Waals surface area contributed by atoms with Gasteiger partial charge in [0.15, 0.2) is 0 Å². The van der Waals surface area contributed by atoms with E-state index >= 15 is 0 Å². The smallest absolute Gasteiger partial charge is 0.306 e. The first-order valence-electron chi connectivity index (χ1n) is 11.7. The van der Waals surface area contributed by atoms with Gasteiger partial charge in [0.2, 0.25) is 5.89 Å². The summed E-state index contributed by atoms with van der Waals surface area (Å²) in [5, 5.41) is 24.9. The highest BCUT2D eigenvalue weighted by Crippen LogP contribution is 2.29. The molecule has 11 nitrogen and oxygen atoms in total. The van der Waals surface area contributed by atoms with E-state index in [1.54, 1.807) is 10.9 Å². The summed E-state index contributed by atoms with van der Waals surface area (Å²) in [5.74, 6) is 1.04. The van der Waals surface area contributed by atoms with Crippen LogP contribution in [0.1, 0.15) is 57.5 Å². The maximum atomic E-state index is 11.3. The Balaban J connectivity index is 1.39. The number of aliphatic carboxylic acids is 1. The van der Waals surface area contributed by atoms with Crippen molar-refractivity contribution in [2.24, 2.45) is 18.9 Å². The van der Waals surface area contributed by atoms with Crippen molar-refractivity contribution in [3.8, 4) is 17.1 Å². The molecule has 3 aromatic rings. The van der Waals surface area contributed by atoms with Crippen molar-refractivity contribution in [3.05, 3.63) is 29.9 Å². The fraction of sp³-hybridized carbons (Fsp3) is 0.565. The second-order valence-electron chi connectivity index (χ2n) is 8.91. The standard InChI is InChI=1S/C23H31N7O4/c1-4-14(2)10-20-26-23(28-34-20)25-13-19-21(27-29-30(19)3)18-9-8-17(12-24-18)33-16-7-5-6-15(11-16)22(31)32/h8-9,12,14-16H,4-7,10-11,13H2,1-3H3,(H,25,28)(H,31,32)/t14?,15-,16-/m0/s1. The van der Waals surface area contributed by atoms with Gasteiger partial charge in [-0.25, -0.2) is 4.68 Å². The molecule has 0 saturated heterocycles. The Labute approximate surface area is 197 Å². The van der Waals surface area contributed by atoms with Crippen molar-refractivity contribution in [2.75, 3.05) is 5.32 Å². The number of carboxylic acid groups (broad SMARTS) is 1. The molecule has 4 rings (SSSR count). The van der Waals surface area contributed by atoms with Crippen molar-refractivity contribution in [2.45, 2.75) is 65.0 Å². The van der Waals surface area contributed by atoms with Gasteiger partial charge in [-0.3, -0.25) is 9.78 Å². The third-order valence-electron chi connectivity index (χ3n) is 6.30. The number of aryl methyl sites for hydroxylation is 1. The third kappa shape index (κ3) is 5.70. The van der Waals surface area contributed by atoms with Crippen LogP contribution in [0.3, 0.4) is 0 Å². The van der Waals surface area contributed by atoms with Crippen molar-refractivity contribution in [1.82, 2.24) is 30.1 Å². The lowest BCUT2D eigenvalue weighted by Gasteiger charge is -2.27. The van der Waals surface area contributed by atoms with E-state index in [2.05, 4.69) is 44.6 Å². The predicted molar refractivity (Wildman–Crippen MR) is 123 cm³/mol. The van der Waals surface area contributed by atoms with Crippen molar-refractivity contribution in [3.63, 3.8) is 0 Å². The van der Waals surface area contributed by atoms with E-state index < -0.39 is 5.97 Å². The van der Waals surface area contributed by atoms with Crippen LogP contribution in [0.25, 0.3) is 11.4 Å². The summed E-state index contributed by atoms with van der Waals surface area (Å²) in [4.78, 5) is 20.2. The zero-order chi connectivity index (χ0) is 24.1. The Kier molecular flexibility index (Phi) is 7.39. The van der Waals surface area contributed by atoms with Gasteiger partial charge in [0.25, 0.3) is 5.95 Å². The van der Waals surface area contributed by atoms with E-state index in [0.717, 1.165) is 31.4 Å². The largest absolute Gasteiger partial charge is 0.489 e. The van der Waals surface area contributed by atoms with Gasteiger partial charge in [0, 0.05) is 13.5 Å². The zero-order valence-corrected chi connectivity index (χ0v) is 19.8. The van der Waals surface area contributed by atoms with Crippen LogP contribution in [0.15, 0.2) is 22.9 Å². The number of nitrogens with zero attached hydrogens (tertiary/aromatic N) is 6. The van der Waals surface area contributed by atoms with Crippen LogP contribution in [0.4, 0.5) is 5.95 Å². The molecular formula is C23H31N7O4. The van der Waals surface area contributed by atoms with Crippen LogP contribution in [-0.2, 0) is 24.8 Å². The third-order valence-corrected chi connectivity index (χ3v) is 6.30. The molecule has 0 amide bonds. The minimum Gasteiger partial charge on any atom is -0.489 e. The van der Waals surface area contributed by atoms with E-state index in [-0.39, 0.29) is 12.0 Å². The van der Waals surface area contributed by atoms with E-state index in [1.165, 1.54) is 0 Å². The molecule has 0 bridgehead atoms. The number of rotatable bonds is 10. The molecule has 3 atom stereocenters. The molecule has 0 aromatic carbocycles. The Morgan fingerprint density at radius 3 is 2.97 bits per heavy atom. The summed E-state index contributed by atoms with van der Waals surface area (Å²) in [7, 11) is 1.82. The van der Waals surface area contributed by atoms with Gasteiger partial charge < -0.3 is 19.7 Å². The second-order valence-corrected chi connectivity index (χ2v) is 8.91. The SMILES string of the molecule is CCC(C)Cc1nc(NCc2c(-c3ccc(O[C@H]4CCC[C@H](C(=O)O)C4)cn3)nnn2C)no1. The van der Waals surface area contributed by atoms with Gasteiger partial charge >= 0.3 is 5.97 Å². The number of carboxylic acids is 1. The normalized spacial score (nSPS) is 19.0. The number of hydrogen-bond donors (Lipinski definition) is 2. The van der Waals surface area contributed by atoms with Crippen molar-refractivity contribution in [1.29, 1.82) is 0 Å². The van der Waals surface area contributed by atoms with E-state index in [0.29, 0.717) is 54.3 Å². The number of carbonyl (C=O) groups is 1. The Bertz CT molecular complexity index is 1100. The van der Waals surface area contributed by atoms with Crippen molar-refractivity contribution < 1.29 is 19.2 Å². The highest BCUT2D eigenvalue weighted by molar-refractivity contribution is 5.70. The molecule has 0 aliphatic heterocycles. The molecule has 11 heteroatoms. The zero-order valence-electron chi connectivity index (χ0n) is 19.8. The molecule has 1 unspecified atom stereocenters. The van der Waals surface area contributed by atoms with Gasteiger partial charge in [-0.2, -0.15) is 4.98 Å². The minimum absolute atomic E-state index is 0.112. The van der Waals surface area contributed by atoms with Crippen molar-refractivity contribution >= 4 is 11.9 Å². The maximum Gasteiger partial charge on any atom is 0.306 e. The van der Waals surface area contributed by atoms with Gasteiger partial charge in [0.1, 0.15) is 11.4 Å². The highest BCUT2D eigenvalue weighted by Gasteiger charge is 2.28. The lowest BCUT2D eigenvalue weighted by molar-refractivity contribution is -0.143. The molecule has 2 N–H and O–H groups in total. The molecule has 0 spiro atoms. The van der Waals surface area contributed by atoms with E-state index in [4.69, 9.17) is 9.26 Å². The van der Waals surface area contributed by atoms with Crippen LogP contribution in [0.5, 0.6) is 5.75 Å². The van der Waals surface area contributed by atoms with E-state index in [9.17, 15) is 9.90 Å². The van der Waals surface area contributed by atoms with Crippen LogP contribution in [0, 0.1) is 11.8 Å². The lowest BCUT2D eigenvalue weighted by Crippen LogP contribution is -2.29. The van der Waals surface area contributed by atoms with Crippen LogP contribution >= 0.6 is 0 Å². The van der Waals surface area contributed by atoms with Gasteiger partial charge in [-0.15, -0.1) is 5.10 Å². The quantitative estimate of drug-likeness (QED) is 0.453. The summed E-state index contributed by atoms with van der Waals surface area (Å²) < 4.78 is 13.0. The molecule has 0 radical (unpaired) electrons. The summed E-state index contributed by atoms with van der Waals surface area (Å²) in [6.07, 6.45) is 6.26. The van der Waals surface area contributed by atoms with Crippen LogP contribution in [-0.4, -0.2) is 47.3 Å². The Morgan fingerprint density at radius 1 is 1.38 bits per heavy atom. The predicted octanol–water partition coefficient (Wildman–Crippen LogP) is 3.48. The molecule has 1 saturated carbocycles. The van der Waals surface area contributed by atoms with Crippen LogP contribution in [0.2, 0.25) is 0 Å². The van der Waals surface area contributed by atoms with Gasteiger partial charge in [-0.1, -0.05) is 25.5 Å². The molecule has 182 valence electrons. The Hall–Kier alpha value is -3.50. The Morgan fingerprint density at radius 2 is 2.24 bits per heavy atom. The molecule has 1 fully saturated rings. The molecule has 34 heavy (non-hydrogen) atoms. The molecule has 3 heterocycles. The summed E-state index contributed by atoms with van der Waals surface area (Å²) in [6, 6.07) is 3.66. The first-order valence-corrected chi connectivity index (χ1v) is 11.7. The molecule has 3 aromatic heterocycles. The second kappa shape index (κ2) is 10.6. The summed E-state index contributed by atoms with van der Waals surface area (Å²) >= 11 is 0. The van der Waals surface area contributed by atoms with Gasteiger partial charge in [-0.05, 0) is 48.9 Å². The molecule has 1 aliphatic rings. The topological polar surface area (TPSA) is 141 Å². The average molecular weight is 470 g/mol. The fourth-order valence-corrected chi connectivity index (χ4v) is 4.05. The molecular weight excluding hydrogens is 438 g/mol. The highest BCUT2D eigenvalue weighted by atomic mass is 16.5. The molecule has 1 aliphatic carbocycles. The van der Waals surface area contributed by atoms with E-state index in [1.807, 2.05) is 19.2 Å². The number of anilines is 1. The summed E-state index contributed by atoms with van der Waals surface area (Å²) in [5.41, 5.74) is 2.13. The number of nitrogens with one attached hydrogen (secondary N) is 1. The maximum absolute atomic E-state index is 11.3. The number of pyridine rings is 1. The number of aromatic nitrogens is 6. The fourth-order valence-electron chi connectivity index (χ4n) is 4.05. The van der Waals surface area contributed by atoms with Gasteiger partial charge in [0.05, 0.1) is 36.2 Å². The van der Waals surface area contributed by atoms with Crippen LogP contribution < -0.4 is 10.1 Å². The monoisotopic (exact) mass is 469 g/mol. The summed E-state index contributed by atoms with van der Waals surface area (Å²) in [6.45, 7) is 4.68.